The number of hydrogen-bond acceptors (Lipinski definition) is 4. The Balaban J connectivity index is 2.03. The third kappa shape index (κ3) is 2.68. The standard InChI is InChI=1S/C13H22N4/c1-3-4-11-5-7-17(8-6-11)13-10(2)12(14)15-9-16-13/h9,11H,3-8H2,1-2H3,(H2,14,15,16). The molecule has 2 N–H and O–H groups in total. The van der Waals surface area contributed by atoms with Crippen molar-refractivity contribution in [3.63, 3.8) is 0 Å². The molecule has 0 spiro atoms. The lowest BCUT2D eigenvalue weighted by Gasteiger charge is -2.33. The zero-order valence-electron chi connectivity index (χ0n) is 10.8. The molecule has 1 aromatic heterocycles. The highest BCUT2D eigenvalue weighted by molar-refractivity contribution is 5.55. The molecule has 0 aromatic carbocycles. The van der Waals surface area contributed by atoms with Crippen molar-refractivity contribution in [2.75, 3.05) is 23.7 Å². The molecule has 1 fully saturated rings. The second-order valence-electron chi connectivity index (χ2n) is 4.93. The first-order chi connectivity index (χ1) is 8.22. The normalized spacial score (nSPS) is 17.4. The molecule has 0 bridgehead atoms. The average Bonchev–Trinajstić information content (AvgIpc) is 2.34. The van der Waals surface area contributed by atoms with Gasteiger partial charge in [-0.2, -0.15) is 0 Å². The van der Waals surface area contributed by atoms with Gasteiger partial charge in [0, 0.05) is 18.7 Å². The van der Waals surface area contributed by atoms with Gasteiger partial charge in [-0.25, -0.2) is 9.97 Å². The summed E-state index contributed by atoms with van der Waals surface area (Å²) in [7, 11) is 0. The summed E-state index contributed by atoms with van der Waals surface area (Å²) in [6.45, 7) is 6.47. The summed E-state index contributed by atoms with van der Waals surface area (Å²) in [5.74, 6) is 2.52. The van der Waals surface area contributed by atoms with Crippen LogP contribution in [0, 0.1) is 12.8 Å². The number of hydrogen-bond donors (Lipinski definition) is 1. The Morgan fingerprint density at radius 3 is 2.71 bits per heavy atom. The van der Waals surface area contributed by atoms with Gasteiger partial charge < -0.3 is 10.6 Å². The molecule has 0 radical (unpaired) electrons. The van der Waals surface area contributed by atoms with E-state index in [2.05, 4.69) is 21.8 Å². The first-order valence-corrected chi connectivity index (χ1v) is 6.54. The van der Waals surface area contributed by atoms with Gasteiger partial charge >= 0.3 is 0 Å². The van der Waals surface area contributed by atoms with Crippen LogP contribution < -0.4 is 10.6 Å². The average molecular weight is 234 g/mol. The Morgan fingerprint density at radius 1 is 1.35 bits per heavy atom. The molecule has 94 valence electrons. The van der Waals surface area contributed by atoms with E-state index in [-0.39, 0.29) is 0 Å². The van der Waals surface area contributed by atoms with Crippen LogP contribution >= 0.6 is 0 Å². The first kappa shape index (κ1) is 12.1. The van der Waals surface area contributed by atoms with Gasteiger partial charge in [0.1, 0.15) is 18.0 Å². The quantitative estimate of drug-likeness (QED) is 0.872. The van der Waals surface area contributed by atoms with Crippen molar-refractivity contribution >= 4 is 11.6 Å². The highest BCUT2D eigenvalue weighted by Gasteiger charge is 2.21. The van der Waals surface area contributed by atoms with Crippen LogP contribution in [-0.2, 0) is 0 Å². The molecular formula is C13H22N4. The van der Waals surface area contributed by atoms with Gasteiger partial charge in [0.15, 0.2) is 0 Å². The van der Waals surface area contributed by atoms with Crippen LogP contribution in [0.2, 0.25) is 0 Å². The molecule has 1 aliphatic heterocycles. The largest absolute Gasteiger partial charge is 0.383 e. The highest BCUT2D eigenvalue weighted by Crippen LogP contribution is 2.27. The number of nitrogen functional groups attached to an aromatic ring is 1. The van der Waals surface area contributed by atoms with Crippen molar-refractivity contribution in [2.24, 2.45) is 5.92 Å². The first-order valence-electron chi connectivity index (χ1n) is 6.54. The lowest BCUT2D eigenvalue weighted by atomic mass is 9.92. The molecule has 2 rings (SSSR count). The van der Waals surface area contributed by atoms with Crippen LogP contribution in [0.15, 0.2) is 6.33 Å². The van der Waals surface area contributed by atoms with Gasteiger partial charge in [0.05, 0.1) is 0 Å². The number of nitrogens with zero attached hydrogens (tertiary/aromatic N) is 3. The second-order valence-corrected chi connectivity index (χ2v) is 4.93. The van der Waals surface area contributed by atoms with Crippen LogP contribution in [0.5, 0.6) is 0 Å². The summed E-state index contributed by atoms with van der Waals surface area (Å²) in [6.07, 6.45) is 6.77. The number of aromatic nitrogens is 2. The third-order valence-corrected chi connectivity index (χ3v) is 3.71. The maximum Gasteiger partial charge on any atom is 0.137 e. The van der Waals surface area contributed by atoms with Gasteiger partial charge in [-0.3, -0.25) is 0 Å². The molecule has 1 saturated heterocycles. The number of piperidine rings is 1. The molecule has 0 amide bonds. The molecule has 0 aliphatic carbocycles. The van der Waals surface area contributed by atoms with Crippen molar-refractivity contribution < 1.29 is 0 Å². The summed E-state index contributed by atoms with van der Waals surface area (Å²) in [5.41, 5.74) is 6.84. The molecular weight excluding hydrogens is 212 g/mol. The van der Waals surface area contributed by atoms with Crippen LogP contribution in [0.25, 0.3) is 0 Å². The Kier molecular flexibility index (Phi) is 3.82. The van der Waals surface area contributed by atoms with Crippen molar-refractivity contribution in [3.8, 4) is 0 Å². The van der Waals surface area contributed by atoms with Crippen molar-refractivity contribution in [2.45, 2.75) is 39.5 Å². The lowest BCUT2D eigenvalue weighted by molar-refractivity contribution is 0.377. The molecule has 0 saturated carbocycles. The fraction of sp³-hybridized carbons (Fsp3) is 0.692. The summed E-state index contributed by atoms with van der Waals surface area (Å²) in [4.78, 5) is 10.7. The van der Waals surface area contributed by atoms with Gasteiger partial charge in [0.25, 0.3) is 0 Å². The van der Waals surface area contributed by atoms with E-state index in [1.165, 1.54) is 25.7 Å². The molecule has 1 aliphatic rings. The van der Waals surface area contributed by atoms with E-state index in [4.69, 9.17) is 5.73 Å². The minimum atomic E-state index is 0.602. The topological polar surface area (TPSA) is 55.0 Å². The van der Waals surface area contributed by atoms with E-state index in [0.717, 1.165) is 30.4 Å². The van der Waals surface area contributed by atoms with E-state index in [1.807, 2.05) is 6.92 Å². The molecule has 17 heavy (non-hydrogen) atoms. The number of anilines is 2. The van der Waals surface area contributed by atoms with Crippen LogP contribution in [0.4, 0.5) is 11.6 Å². The van der Waals surface area contributed by atoms with Crippen molar-refractivity contribution in [3.05, 3.63) is 11.9 Å². The highest BCUT2D eigenvalue weighted by atomic mass is 15.2. The molecule has 1 aromatic rings. The Hall–Kier alpha value is -1.32. The monoisotopic (exact) mass is 234 g/mol. The van der Waals surface area contributed by atoms with Gasteiger partial charge in [-0.1, -0.05) is 19.8 Å². The van der Waals surface area contributed by atoms with Crippen LogP contribution in [-0.4, -0.2) is 23.1 Å². The van der Waals surface area contributed by atoms with Crippen molar-refractivity contribution in [1.29, 1.82) is 0 Å². The summed E-state index contributed by atoms with van der Waals surface area (Å²) < 4.78 is 0. The van der Waals surface area contributed by atoms with Crippen LogP contribution in [0.1, 0.15) is 38.2 Å². The van der Waals surface area contributed by atoms with Crippen molar-refractivity contribution in [1.82, 2.24) is 9.97 Å². The summed E-state index contributed by atoms with van der Waals surface area (Å²) in [6, 6.07) is 0. The molecule has 4 heteroatoms. The fourth-order valence-electron chi connectivity index (χ4n) is 2.61. The SMILES string of the molecule is CCCC1CCN(c2ncnc(N)c2C)CC1. The predicted molar refractivity (Wildman–Crippen MR) is 71.0 cm³/mol. The minimum absolute atomic E-state index is 0.602. The van der Waals surface area contributed by atoms with E-state index in [1.54, 1.807) is 6.33 Å². The maximum atomic E-state index is 5.82. The van der Waals surface area contributed by atoms with Crippen LogP contribution in [0.3, 0.4) is 0 Å². The van der Waals surface area contributed by atoms with E-state index in [9.17, 15) is 0 Å². The fourth-order valence-corrected chi connectivity index (χ4v) is 2.61. The third-order valence-electron chi connectivity index (χ3n) is 3.71. The van der Waals surface area contributed by atoms with Gasteiger partial charge in [-0.15, -0.1) is 0 Å². The summed E-state index contributed by atoms with van der Waals surface area (Å²) in [5, 5.41) is 0. The maximum absolute atomic E-state index is 5.82. The zero-order chi connectivity index (χ0) is 12.3. The molecule has 0 atom stereocenters. The molecule has 0 unspecified atom stereocenters. The zero-order valence-corrected chi connectivity index (χ0v) is 10.8. The Labute approximate surface area is 103 Å². The lowest BCUT2D eigenvalue weighted by Crippen LogP contribution is -2.34. The second kappa shape index (κ2) is 5.34. The molecule has 2 heterocycles. The van der Waals surface area contributed by atoms with E-state index in [0.29, 0.717) is 5.82 Å². The van der Waals surface area contributed by atoms with E-state index < -0.39 is 0 Å². The molecule has 4 nitrogen and oxygen atoms in total. The predicted octanol–water partition coefficient (Wildman–Crippen LogP) is 2.38. The Bertz CT molecular complexity index is 370. The Morgan fingerprint density at radius 2 is 2.06 bits per heavy atom. The van der Waals surface area contributed by atoms with Gasteiger partial charge in [-0.05, 0) is 25.7 Å². The minimum Gasteiger partial charge on any atom is -0.383 e. The van der Waals surface area contributed by atoms with Gasteiger partial charge in [0.2, 0.25) is 0 Å². The van der Waals surface area contributed by atoms with E-state index >= 15 is 0 Å². The summed E-state index contributed by atoms with van der Waals surface area (Å²) >= 11 is 0. The smallest absolute Gasteiger partial charge is 0.137 e. The number of nitrogens with two attached hydrogens (primary N) is 1. The number of rotatable bonds is 3.